The molecule has 2 aromatic rings. The molecule has 0 aromatic carbocycles. The van der Waals surface area contributed by atoms with E-state index in [0.717, 1.165) is 49.9 Å². The summed E-state index contributed by atoms with van der Waals surface area (Å²) in [5.41, 5.74) is 0.856. The monoisotopic (exact) mass is 261 g/mol. The van der Waals surface area contributed by atoms with E-state index in [1.54, 1.807) is 6.20 Å². The Morgan fingerprint density at radius 2 is 2.47 bits per heavy atom. The fourth-order valence-corrected chi connectivity index (χ4v) is 2.21. The van der Waals surface area contributed by atoms with Crippen LogP contribution in [0.3, 0.4) is 0 Å². The molecule has 1 unspecified atom stereocenters. The summed E-state index contributed by atoms with van der Waals surface area (Å²) in [5, 5.41) is 6.74. The second kappa shape index (κ2) is 5.44. The minimum atomic E-state index is 0.328. The number of nitrogens with one attached hydrogen (secondary N) is 2. The van der Waals surface area contributed by atoms with Crippen LogP contribution >= 0.6 is 0 Å². The number of ether oxygens (including phenoxy) is 1. The van der Waals surface area contributed by atoms with Gasteiger partial charge in [-0.2, -0.15) is 0 Å². The van der Waals surface area contributed by atoms with Crippen LogP contribution in [0.4, 0.5) is 11.6 Å². The second-order valence-electron chi connectivity index (χ2n) is 4.76. The second-order valence-corrected chi connectivity index (χ2v) is 4.76. The molecule has 0 radical (unpaired) electrons. The first-order valence-corrected chi connectivity index (χ1v) is 6.78. The number of fused-ring (bicyclic) bond motifs is 1. The van der Waals surface area contributed by atoms with E-state index >= 15 is 0 Å². The summed E-state index contributed by atoms with van der Waals surface area (Å²) in [5.74, 6) is 1.69. The molecule has 0 aliphatic carbocycles. The van der Waals surface area contributed by atoms with Gasteiger partial charge >= 0.3 is 0 Å². The fraction of sp³-hybridized carbons (Fsp3) is 0.538. The van der Waals surface area contributed by atoms with Gasteiger partial charge in [0.2, 0.25) is 0 Å². The molecule has 1 atom stereocenters. The number of hydrogen-bond donors (Lipinski definition) is 2. The lowest BCUT2D eigenvalue weighted by atomic mass is 10.2. The van der Waals surface area contributed by atoms with Crippen molar-refractivity contribution in [2.75, 3.05) is 30.4 Å². The molecule has 1 aliphatic heterocycles. The van der Waals surface area contributed by atoms with Gasteiger partial charge < -0.3 is 19.8 Å². The number of nitrogens with zero attached hydrogens (tertiary/aromatic N) is 3. The highest BCUT2D eigenvalue weighted by molar-refractivity contribution is 5.65. The zero-order valence-electron chi connectivity index (χ0n) is 11.1. The maximum atomic E-state index is 5.38. The largest absolute Gasteiger partial charge is 0.379 e. The van der Waals surface area contributed by atoms with Gasteiger partial charge in [0.05, 0.1) is 18.8 Å². The van der Waals surface area contributed by atoms with Crippen molar-refractivity contribution < 1.29 is 4.74 Å². The van der Waals surface area contributed by atoms with E-state index in [1.807, 2.05) is 16.8 Å². The Hall–Kier alpha value is -1.82. The van der Waals surface area contributed by atoms with Crippen LogP contribution in [-0.2, 0) is 4.74 Å². The van der Waals surface area contributed by atoms with E-state index in [0.29, 0.717) is 6.04 Å². The topological polar surface area (TPSA) is 63.5 Å². The van der Waals surface area contributed by atoms with Crippen molar-refractivity contribution >= 4 is 17.3 Å². The van der Waals surface area contributed by atoms with Crippen molar-refractivity contribution in [3.63, 3.8) is 0 Å². The molecule has 0 saturated carbocycles. The van der Waals surface area contributed by atoms with Gasteiger partial charge in [0.15, 0.2) is 11.5 Å². The van der Waals surface area contributed by atoms with Crippen LogP contribution < -0.4 is 10.6 Å². The lowest BCUT2D eigenvalue weighted by molar-refractivity contribution is 0.195. The maximum absolute atomic E-state index is 5.38. The Labute approximate surface area is 112 Å². The van der Waals surface area contributed by atoms with Crippen molar-refractivity contribution in [2.24, 2.45) is 0 Å². The van der Waals surface area contributed by atoms with Gasteiger partial charge in [-0.25, -0.2) is 9.97 Å². The molecule has 0 bridgehead atoms. The van der Waals surface area contributed by atoms with Crippen LogP contribution in [0.25, 0.3) is 5.65 Å². The van der Waals surface area contributed by atoms with Crippen molar-refractivity contribution in [3.05, 3.63) is 18.6 Å². The predicted molar refractivity (Wildman–Crippen MR) is 74.6 cm³/mol. The molecule has 2 aromatic heterocycles. The van der Waals surface area contributed by atoms with Gasteiger partial charge in [-0.1, -0.05) is 6.92 Å². The third-order valence-electron chi connectivity index (χ3n) is 3.20. The van der Waals surface area contributed by atoms with Gasteiger partial charge in [-0.05, 0) is 12.8 Å². The normalized spacial score (nSPS) is 18.9. The van der Waals surface area contributed by atoms with Crippen LogP contribution in [-0.4, -0.2) is 40.2 Å². The maximum Gasteiger partial charge on any atom is 0.180 e. The van der Waals surface area contributed by atoms with Crippen LogP contribution in [0.15, 0.2) is 18.6 Å². The molecule has 3 heterocycles. The van der Waals surface area contributed by atoms with Crippen LogP contribution in [0.2, 0.25) is 0 Å². The molecule has 6 nitrogen and oxygen atoms in total. The first-order valence-electron chi connectivity index (χ1n) is 6.78. The molecular formula is C13H19N5O. The quantitative estimate of drug-likeness (QED) is 0.858. The Bertz CT molecular complexity index is 547. The van der Waals surface area contributed by atoms with Gasteiger partial charge in [-0.3, -0.25) is 0 Å². The summed E-state index contributed by atoms with van der Waals surface area (Å²) in [7, 11) is 0. The average Bonchev–Trinajstić information content (AvgIpc) is 3.06. The van der Waals surface area contributed by atoms with Gasteiger partial charge in [0.1, 0.15) is 5.82 Å². The van der Waals surface area contributed by atoms with E-state index in [2.05, 4.69) is 27.5 Å². The van der Waals surface area contributed by atoms with Gasteiger partial charge in [0.25, 0.3) is 0 Å². The first-order chi connectivity index (χ1) is 9.36. The zero-order chi connectivity index (χ0) is 13.1. The summed E-state index contributed by atoms with van der Waals surface area (Å²) in [4.78, 5) is 8.96. The van der Waals surface area contributed by atoms with Crippen molar-refractivity contribution in [3.8, 4) is 0 Å². The predicted octanol–water partition coefficient (Wildman–Crippen LogP) is 1.75. The highest BCUT2D eigenvalue weighted by Gasteiger charge is 2.18. The molecule has 1 saturated heterocycles. The van der Waals surface area contributed by atoms with E-state index in [4.69, 9.17) is 4.74 Å². The van der Waals surface area contributed by atoms with E-state index < -0.39 is 0 Å². The molecule has 0 amide bonds. The summed E-state index contributed by atoms with van der Waals surface area (Å²) in [6.45, 7) is 4.61. The average molecular weight is 261 g/mol. The molecule has 1 fully saturated rings. The standard InChI is InChI=1S/C13H19N5O/c1-2-4-14-11-8-18-6-5-15-13(18)12(17-11)16-10-3-7-19-9-10/h5-6,8,10,14H,2-4,7,9H2,1H3,(H,16,17). The molecule has 102 valence electrons. The summed E-state index contributed by atoms with van der Waals surface area (Å²) < 4.78 is 7.37. The Morgan fingerprint density at radius 3 is 3.26 bits per heavy atom. The molecule has 1 aliphatic rings. The van der Waals surface area contributed by atoms with Crippen LogP contribution in [0, 0.1) is 0 Å². The molecular weight excluding hydrogens is 242 g/mol. The minimum absolute atomic E-state index is 0.328. The zero-order valence-corrected chi connectivity index (χ0v) is 11.1. The Balaban J connectivity index is 1.88. The third kappa shape index (κ3) is 2.63. The summed E-state index contributed by atoms with van der Waals surface area (Å²) >= 11 is 0. The van der Waals surface area contributed by atoms with Crippen molar-refractivity contribution in [1.29, 1.82) is 0 Å². The highest BCUT2D eigenvalue weighted by atomic mass is 16.5. The molecule has 2 N–H and O–H groups in total. The van der Waals surface area contributed by atoms with E-state index in [1.165, 1.54) is 0 Å². The lowest BCUT2D eigenvalue weighted by Crippen LogP contribution is -2.20. The van der Waals surface area contributed by atoms with Crippen LogP contribution in [0.5, 0.6) is 0 Å². The summed E-state index contributed by atoms with van der Waals surface area (Å²) in [6.07, 6.45) is 7.78. The van der Waals surface area contributed by atoms with Crippen LogP contribution in [0.1, 0.15) is 19.8 Å². The Morgan fingerprint density at radius 1 is 1.53 bits per heavy atom. The first kappa shape index (κ1) is 12.2. The number of hydrogen-bond acceptors (Lipinski definition) is 5. The minimum Gasteiger partial charge on any atom is -0.379 e. The smallest absolute Gasteiger partial charge is 0.180 e. The number of imidazole rings is 1. The highest BCUT2D eigenvalue weighted by Crippen LogP contribution is 2.19. The van der Waals surface area contributed by atoms with Crippen molar-refractivity contribution in [2.45, 2.75) is 25.8 Å². The fourth-order valence-electron chi connectivity index (χ4n) is 2.21. The van der Waals surface area contributed by atoms with E-state index in [-0.39, 0.29) is 0 Å². The van der Waals surface area contributed by atoms with Gasteiger partial charge in [0, 0.05) is 25.5 Å². The number of anilines is 2. The molecule has 0 spiro atoms. The van der Waals surface area contributed by atoms with Crippen molar-refractivity contribution in [1.82, 2.24) is 14.4 Å². The third-order valence-corrected chi connectivity index (χ3v) is 3.20. The number of rotatable bonds is 5. The lowest BCUT2D eigenvalue weighted by Gasteiger charge is -2.14. The molecule has 19 heavy (non-hydrogen) atoms. The molecule has 6 heteroatoms. The van der Waals surface area contributed by atoms with Gasteiger partial charge in [-0.15, -0.1) is 0 Å². The van der Waals surface area contributed by atoms with E-state index in [9.17, 15) is 0 Å². The number of aromatic nitrogens is 3. The Kier molecular flexibility index (Phi) is 3.50. The molecule has 3 rings (SSSR count). The SMILES string of the molecule is CCCNc1cn2ccnc2c(NC2CCOC2)n1. The summed E-state index contributed by atoms with van der Waals surface area (Å²) in [6, 6.07) is 0.328.